The van der Waals surface area contributed by atoms with E-state index in [2.05, 4.69) is 5.16 Å². The molecule has 0 saturated heterocycles. The van der Waals surface area contributed by atoms with E-state index in [0.29, 0.717) is 23.6 Å². The minimum absolute atomic E-state index is 0.292. The van der Waals surface area contributed by atoms with Crippen molar-refractivity contribution in [2.45, 2.75) is 19.9 Å². The molecular weight excluding hydrogens is 224 g/mol. The summed E-state index contributed by atoms with van der Waals surface area (Å²) < 4.78 is 4.91. The van der Waals surface area contributed by atoms with Crippen molar-refractivity contribution < 1.29 is 19.2 Å². The van der Waals surface area contributed by atoms with Crippen molar-refractivity contribution in [1.82, 2.24) is 10.1 Å². The van der Waals surface area contributed by atoms with E-state index in [1.165, 1.54) is 11.0 Å². The van der Waals surface area contributed by atoms with Gasteiger partial charge in [0, 0.05) is 6.54 Å². The second kappa shape index (κ2) is 4.04. The van der Waals surface area contributed by atoms with Crippen LogP contribution < -0.4 is 0 Å². The highest BCUT2D eigenvalue weighted by molar-refractivity contribution is 5.99. The number of hydrogen-bond acceptors (Lipinski definition) is 4. The fourth-order valence-corrected chi connectivity index (χ4v) is 1.88. The number of carboxylic acids is 1. The van der Waals surface area contributed by atoms with E-state index in [1.54, 1.807) is 19.9 Å². The Morgan fingerprint density at radius 2 is 2.24 bits per heavy atom. The first-order valence-corrected chi connectivity index (χ1v) is 5.15. The monoisotopic (exact) mass is 236 g/mol. The zero-order valence-electron chi connectivity index (χ0n) is 9.51. The van der Waals surface area contributed by atoms with E-state index in [0.717, 1.165) is 0 Å². The average Bonchev–Trinajstić information content (AvgIpc) is 2.85. The topological polar surface area (TPSA) is 83.6 Å². The molecule has 0 radical (unpaired) electrons. The molecule has 0 bridgehead atoms. The molecule has 0 aromatic carbocycles. The van der Waals surface area contributed by atoms with Crippen LogP contribution in [0.4, 0.5) is 0 Å². The van der Waals surface area contributed by atoms with Crippen LogP contribution in [0.15, 0.2) is 16.7 Å². The fraction of sp³-hybridized carbons (Fsp3) is 0.364. The van der Waals surface area contributed by atoms with Crippen LogP contribution in [0.5, 0.6) is 0 Å². The maximum Gasteiger partial charge on any atom is 0.330 e. The third-order valence-electron chi connectivity index (χ3n) is 2.72. The van der Waals surface area contributed by atoms with Crippen LogP contribution in [0.1, 0.15) is 21.8 Å². The highest BCUT2D eigenvalue weighted by atomic mass is 16.5. The second-order valence-electron chi connectivity index (χ2n) is 3.87. The van der Waals surface area contributed by atoms with Gasteiger partial charge < -0.3 is 14.5 Å². The third kappa shape index (κ3) is 1.82. The van der Waals surface area contributed by atoms with Gasteiger partial charge in [0.15, 0.2) is 0 Å². The molecule has 1 atom stereocenters. The summed E-state index contributed by atoms with van der Waals surface area (Å²) in [7, 11) is 0. The largest absolute Gasteiger partial charge is 0.479 e. The standard InChI is InChI=1S/C11H12N2O4/c1-6-9(7(2)17-12-6)10(14)13-5-3-4-8(13)11(15)16/h3-4,8H,5H2,1-2H3,(H,15,16)/t8-/m0/s1. The van der Waals surface area contributed by atoms with E-state index >= 15 is 0 Å². The van der Waals surface area contributed by atoms with E-state index in [1.807, 2.05) is 0 Å². The highest BCUT2D eigenvalue weighted by Crippen LogP contribution is 2.19. The normalized spacial score (nSPS) is 18.7. The van der Waals surface area contributed by atoms with Gasteiger partial charge in [0.05, 0.1) is 5.69 Å². The molecule has 2 heterocycles. The van der Waals surface area contributed by atoms with Crippen molar-refractivity contribution >= 4 is 11.9 Å². The van der Waals surface area contributed by atoms with Crippen molar-refractivity contribution in [3.63, 3.8) is 0 Å². The zero-order chi connectivity index (χ0) is 12.6. The summed E-state index contributed by atoms with van der Waals surface area (Å²) in [4.78, 5) is 24.4. The number of carbonyl (C=O) groups is 2. The molecule has 1 aliphatic rings. The first kappa shape index (κ1) is 11.4. The lowest BCUT2D eigenvalue weighted by atomic mass is 10.1. The minimum atomic E-state index is -1.04. The minimum Gasteiger partial charge on any atom is -0.479 e. The molecule has 17 heavy (non-hydrogen) atoms. The van der Waals surface area contributed by atoms with Crippen molar-refractivity contribution in [2.75, 3.05) is 6.54 Å². The summed E-state index contributed by atoms with van der Waals surface area (Å²) in [6.45, 7) is 3.58. The van der Waals surface area contributed by atoms with Gasteiger partial charge in [0.1, 0.15) is 17.4 Å². The molecule has 2 rings (SSSR count). The molecule has 0 aliphatic carbocycles. The molecule has 0 fully saturated rings. The van der Waals surface area contributed by atoms with Crippen LogP contribution in [0.3, 0.4) is 0 Å². The van der Waals surface area contributed by atoms with Crippen LogP contribution in [0.2, 0.25) is 0 Å². The number of hydrogen-bond donors (Lipinski definition) is 1. The Hall–Kier alpha value is -2.11. The molecule has 1 aromatic heterocycles. The summed E-state index contributed by atoms with van der Waals surface area (Å²) in [6, 6.07) is -0.906. The number of carbonyl (C=O) groups excluding carboxylic acids is 1. The zero-order valence-corrected chi connectivity index (χ0v) is 9.51. The number of amides is 1. The number of aromatic nitrogens is 1. The molecule has 1 amide bonds. The predicted molar refractivity (Wildman–Crippen MR) is 57.6 cm³/mol. The van der Waals surface area contributed by atoms with E-state index < -0.39 is 12.0 Å². The van der Waals surface area contributed by atoms with Crippen LogP contribution in [-0.2, 0) is 4.79 Å². The SMILES string of the molecule is Cc1noc(C)c1C(=O)N1CC=C[C@H]1C(=O)O. The Balaban J connectivity index is 2.30. The summed E-state index contributed by atoms with van der Waals surface area (Å²) in [6.07, 6.45) is 3.16. The van der Waals surface area contributed by atoms with E-state index in [-0.39, 0.29) is 5.91 Å². The first-order valence-electron chi connectivity index (χ1n) is 5.15. The van der Waals surface area contributed by atoms with Crippen LogP contribution in [0, 0.1) is 13.8 Å². The lowest BCUT2D eigenvalue weighted by molar-refractivity contribution is -0.140. The summed E-state index contributed by atoms with van der Waals surface area (Å²) in [5.74, 6) is -0.999. The van der Waals surface area contributed by atoms with Gasteiger partial charge in [0.25, 0.3) is 5.91 Å². The van der Waals surface area contributed by atoms with Crippen molar-refractivity contribution in [1.29, 1.82) is 0 Å². The molecular formula is C11H12N2O4. The lowest BCUT2D eigenvalue weighted by Crippen LogP contribution is -2.41. The third-order valence-corrected chi connectivity index (χ3v) is 2.72. The molecule has 1 aromatic rings. The highest BCUT2D eigenvalue weighted by Gasteiger charge is 2.33. The maximum atomic E-state index is 12.2. The Morgan fingerprint density at radius 1 is 1.53 bits per heavy atom. The quantitative estimate of drug-likeness (QED) is 0.766. The summed E-state index contributed by atoms with van der Waals surface area (Å²) >= 11 is 0. The van der Waals surface area contributed by atoms with Gasteiger partial charge >= 0.3 is 5.97 Å². The Bertz CT molecular complexity index is 484. The average molecular weight is 236 g/mol. The van der Waals surface area contributed by atoms with Crippen LogP contribution in [0.25, 0.3) is 0 Å². The maximum absolute atomic E-state index is 12.2. The number of aryl methyl sites for hydroxylation is 2. The molecule has 0 saturated carbocycles. The molecule has 6 nitrogen and oxygen atoms in total. The van der Waals surface area contributed by atoms with Crippen molar-refractivity contribution in [2.24, 2.45) is 0 Å². The molecule has 0 unspecified atom stereocenters. The lowest BCUT2D eigenvalue weighted by Gasteiger charge is -2.21. The van der Waals surface area contributed by atoms with Crippen LogP contribution in [-0.4, -0.2) is 39.6 Å². The van der Waals surface area contributed by atoms with Gasteiger partial charge in [0.2, 0.25) is 0 Å². The first-order chi connectivity index (χ1) is 8.02. The second-order valence-corrected chi connectivity index (χ2v) is 3.87. The van der Waals surface area contributed by atoms with Crippen molar-refractivity contribution in [3.8, 4) is 0 Å². The number of aliphatic carboxylic acids is 1. The van der Waals surface area contributed by atoms with Gasteiger partial charge in [-0.3, -0.25) is 4.79 Å². The van der Waals surface area contributed by atoms with Gasteiger partial charge in [-0.1, -0.05) is 17.3 Å². The van der Waals surface area contributed by atoms with Gasteiger partial charge in [-0.2, -0.15) is 0 Å². The van der Waals surface area contributed by atoms with Gasteiger partial charge in [-0.05, 0) is 13.8 Å². The molecule has 90 valence electrons. The Kier molecular flexibility index (Phi) is 2.71. The predicted octanol–water partition coefficient (Wildman–Crippen LogP) is 0.757. The molecule has 1 aliphatic heterocycles. The molecule has 6 heteroatoms. The van der Waals surface area contributed by atoms with Crippen molar-refractivity contribution in [3.05, 3.63) is 29.2 Å². The summed E-state index contributed by atoms with van der Waals surface area (Å²) in [5, 5.41) is 12.7. The fourth-order valence-electron chi connectivity index (χ4n) is 1.88. The number of nitrogens with zero attached hydrogens (tertiary/aromatic N) is 2. The Labute approximate surface area is 97.5 Å². The smallest absolute Gasteiger partial charge is 0.330 e. The Morgan fingerprint density at radius 3 is 2.76 bits per heavy atom. The molecule has 0 spiro atoms. The van der Waals surface area contributed by atoms with Gasteiger partial charge in [-0.15, -0.1) is 0 Å². The van der Waals surface area contributed by atoms with Gasteiger partial charge in [-0.25, -0.2) is 4.79 Å². The number of carboxylic acid groups (broad SMARTS) is 1. The number of rotatable bonds is 2. The van der Waals surface area contributed by atoms with Crippen LogP contribution >= 0.6 is 0 Å². The summed E-state index contributed by atoms with van der Waals surface area (Å²) in [5.41, 5.74) is 0.823. The molecule has 1 N–H and O–H groups in total. The van der Waals surface area contributed by atoms with E-state index in [9.17, 15) is 9.59 Å². The van der Waals surface area contributed by atoms with E-state index in [4.69, 9.17) is 9.63 Å².